The zero-order valence-corrected chi connectivity index (χ0v) is 9.92. The van der Waals surface area contributed by atoms with E-state index in [9.17, 15) is 4.79 Å². The third-order valence-electron chi connectivity index (χ3n) is 2.69. The highest BCUT2D eigenvalue weighted by atomic mass is 16.1. The van der Waals surface area contributed by atoms with Crippen LogP contribution in [-0.4, -0.2) is 24.0 Å². The summed E-state index contributed by atoms with van der Waals surface area (Å²) in [5, 5.41) is 3.89. The Morgan fingerprint density at radius 3 is 3.00 bits per heavy atom. The molecule has 1 amide bonds. The molecule has 0 aliphatic carbocycles. The van der Waals surface area contributed by atoms with E-state index in [1.165, 1.54) is 5.56 Å². The van der Waals surface area contributed by atoms with Crippen LogP contribution in [0.4, 0.5) is 0 Å². The van der Waals surface area contributed by atoms with E-state index in [1.54, 1.807) is 0 Å². The van der Waals surface area contributed by atoms with Gasteiger partial charge in [0.15, 0.2) is 0 Å². The molecule has 0 aliphatic heterocycles. The molecule has 1 heterocycles. The van der Waals surface area contributed by atoms with E-state index in [2.05, 4.69) is 16.4 Å². The van der Waals surface area contributed by atoms with Gasteiger partial charge in [-0.3, -0.25) is 4.79 Å². The monoisotopic (exact) mass is 231 g/mol. The molecule has 2 rings (SSSR count). The van der Waals surface area contributed by atoms with Crippen LogP contribution in [0.3, 0.4) is 0 Å². The van der Waals surface area contributed by atoms with Crippen LogP contribution in [0.15, 0.2) is 24.3 Å². The molecule has 0 spiro atoms. The lowest BCUT2D eigenvalue weighted by molar-refractivity contribution is 0.0949. The standard InChI is InChI=1S/C13H17N3O/c1-9-3-4-11-10(7-9)8-12(16-11)13(17)15-6-2-5-14/h3-4,7-8,16H,2,5-6,14H2,1H3,(H,15,17). The molecule has 1 aromatic heterocycles. The fourth-order valence-corrected chi connectivity index (χ4v) is 1.77. The Morgan fingerprint density at radius 2 is 2.24 bits per heavy atom. The van der Waals surface area contributed by atoms with Crippen molar-refractivity contribution in [1.82, 2.24) is 10.3 Å². The number of nitrogens with two attached hydrogens (primary N) is 1. The van der Waals surface area contributed by atoms with Crippen molar-refractivity contribution >= 4 is 16.8 Å². The molecule has 0 saturated carbocycles. The highest BCUT2D eigenvalue weighted by Crippen LogP contribution is 2.16. The molecule has 4 N–H and O–H groups in total. The van der Waals surface area contributed by atoms with Crippen molar-refractivity contribution in [1.29, 1.82) is 0 Å². The molecule has 0 saturated heterocycles. The maximum Gasteiger partial charge on any atom is 0.267 e. The number of hydrogen-bond acceptors (Lipinski definition) is 2. The van der Waals surface area contributed by atoms with Crippen LogP contribution >= 0.6 is 0 Å². The van der Waals surface area contributed by atoms with Crippen LogP contribution in [0.25, 0.3) is 10.9 Å². The summed E-state index contributed by atoms with van der Waals surface area (Å²) in [7, 11) is 0. The van der Waals surface area contributed by atoms with Crippen molar-refractivity contribution in [3.05, 3.63) is 35.5 Å². The van der Waals surface area contributed by atoms with E-state index in [0.29, 0.717) is 18.8 Å². The van der Waals surface area contributed by atoms with E-state index < -0.39 is 0 Å². The molecule has 17 heavy (non-hydrogen) atoms. The summed E-state index contributed by atoms with van der Waals surface area (Å²) in [6.45, 7) is 3.24. The van der Waals surface area contributed by atoms with Gasteiger partial charge < -0.3 is 16.0 Å². The van der Waals surface area contributed by atoms with Crippen molar-refractivity contribution in [2.75, 3.05) is 13.1 Å². The molecule has 0 unspecified atom stereocenters. The first-order valence-corrected chi connectivity index (χ1v) is 5.78. The summed E-state index contributed by atoms with van der Waals surface area (Å²) in [4.78, 5) is 14.9. The van der Waals surface area contributed by atoms with Crippen LogP contribution < -0.4 is 11.1 Å². The van der Waals surface area contributed by atoms with Gasteiger partial charge in [0.05, 0.1) is 0 Å². The third kappa shape index (κ3) is 2.65. The van der Waals surface area contributed by atoms with Gasteiger partial charge in [-0.05, 0) is 38.1 Å². The first-order valence-electron chi connectivity index (χ1n) is 5.78. The fraction of sp³-hybridized carbons (Fsp3) is 0.308. The molecule has 4 heteroatoms. The van der Waals surface area contributed by atoms with Gasteiger partial charge in [-0.15, -0.1) is 0 Å². The lowest BCUT2D eigenvalue weighted by Crippen LogP contribution is -2.26. The molecule has 0 fully saturated rings. The van der Waals surface area contributed by atoms with E-state index in [1.807, 2.05) is 25.1 Å². The van der Waals surface area contributed by atoms with E-state index in [-0.39, 0.29) is 5.91 Å². The number of carbonyl (C=O) groups is 1. The summed E-state index contributed by atoms with van der Waals surface area (Å²) < 4.78 is 0. The van der Waals surface area contributed by atoms with Gasteiger partial charge in [0.2, 0.25) is 0 Å². The number of aryl methyl sites for hydroxylation is 1. The van der Waals surface area contributed by atoms with Crippen molar-refractivity contribution in [3.8, 4) is 0 Å². The molecule has 4 nitrogen and oxygen atoms in total. The first kappa shape index (κ1) is 11.7. The second-order valence-electron chi connectivity index (χ2n) is 4.17. The minimum Gasteiger partial charge on any atom is -0.351 e. The predicted octanol–water partition coefficient (Wildman–Crippen LogP) is 1.55. The summed E-state index contributed by atoms with van der Waals surface area (Å²) in [6, 6.07) is 7.94. The van der Waals surface area contributed by atoms with Crippen molar-refractivity contribution < 1.29 is 4.79 Å². The number of aromatic nitrogens is 1. The van der Waals surface area contributed by atoms with Gasteiger partial charge in [-0.2, -0.15) is 0 Å². The fourth-order valence-electron chi connectivity index (χ4n) is 1.77. The Kier molecular flexibility index (Phi) is 3.44. The van der Waals surface area contributed by atoms with Gasteiger partial charge in [0, 0.05) is 17.4 Å². The predicted molar refractivity (Wildman–Crippen MR) is 69.0 cm³/mol. The maximum atomic E-state index is 11.8. The molecule has 0 radical (unpaired) electrons. The topological polar surface area (TPSA) is 70.9 Å². The summed E-state index contributed by atoms with van der Waals surface area (Å²) in [5.74, 6) is -0.0766. The summed E-state index contributed by atoms with van der Waals surface area (Å²) in [6.07, 6.45) is 0.797. The second kappa shape index (κ2) is 5.01. The maximum absolute atomic E-state index is 11.8. The third-order valence-corrected chi connectivity index (χ3v) is 2.69. The molecule has 0 atom stereocenters. The quantitative estimate of drug-likeness (QED) is 0.699. The SMILES string of the molecule is Cc1ccc2[nH]c(C(=O)NCCCN)cc2c1. The number of fused-ring (bicyclic) bond motifs is 1. The molecular weight excluding hydrogens is 214 g/mol. The number of nitrogens with one attached hydrogen (secondary N) is 2. The highest BCUT2D eigenvalue weighted by molar-refractivity contribution is 5.98. The summed E-state index contributed by atoms with van der Waals surface area (Å²) >= 11 is 0. The zero-order chi connectivity index (χ0) is 12.3. The van der Waals surface area contributed by atoms with Gasteiger partial charge in [-0.1, -0.05) is 11.6 Å². The lowest BCUT2D eigenvalue weighted by atomic mass is 10.2. The highest BCUT2D eigenvalue weighted by Gasteiger charge is 2.08. The summed E-state index contributed by atoms with van der Waals surface area (Å²) in [5.41, 5.74) is 8.14. The normalized spacial score (nSPS) is 10.7. The average molecular weight is 231 g/mol. The minimum absolute atomic E-state index is 0.0766. The second-order valence-corrected chi connectivity index (χ2v) is 4.17. The largest absolute Gasteiger partial charge is 0.351 e. The number of amides is 1. The van der Waals surface area contributed by atoms with E-state index in [4.69, 9.17) is 5.73 Å². The van der Waals surface area contributed by atoms with Crippen molar-refractivity contribution in [2.24, 2.45) is 5.73 Å². The van der Waals surface area contributed by atoms with Crippen LogP contribution in [-0.2, 0) is 0 Å². The Hall–Kier alpha value is -1.81. The number of rotatable bonds is 4. The number of hydrogen-bond donors (Lipinski definition) is 3. The van der Waals surface area contributed by atoms with Crippen LogP contribution in [0, 0.1) is 6.92 Å². The van der Waals surface area contributed by atoms with Crippen molar-refractivity contribution in [2.45, 2.75) is 13.3 Å². The zero-order valence-electron chi connectivity index (χ0n) is 9.92. The Morgan fingerprint density at radius 1 is 1.41 bits per heavy atom. The number of H-pyrrole nitrogens is 1. The van der Waals surface area contributed by atoms with Crippen molar-refractivity contribution in [3.63, 3.8) is 0 Å². The Balaban J connectivity index is 2.15. The Bertz CT molecular complexity index is 530. The lowest BCUT2D eigenvalue weighted by Gasteiger charge is -2.01. The van der Waals surface area contributed by atoms with Gasteiger partial charge in [0.25, 0.3) is 5.91 Å². The molecule has 1 aromatic carbocycles. The molecular formula is C13H17N3O. The Labute approximate surface area is 100 Å². The van der Waals surface area contributed by atoms with E-state index in [0.717, 1.165) is 17.3 Å². The number of benzene rings is 1. The smallest absolute Gasteiger partial charge is 0.267 e. The average Bonchev–Trinajstić information content (AvgIpc) is 2.72. The first-order chi connectivity index (χ1) is 8.20. The van der Waals surface area contributed by atoms with Crippen LogP contribution in [0.5, 0.6) is 0 Å². The van der Waals surface area contributed by atoms with Gasteiger partial charge in [-0.25, -0.2) is 0 Å². The van der Waals surface area contributed by atoms with Gasteiger partial charge in [0.1, 0.15) is 5.69 Å². The molecule has 0 aliphatic rings. The number of carbonyl (C=O) groups excluding carboxylic acids is 1. The van der Waals surface area contributed by atoms with Crippen LogP contribution in [0.2, 0.25) is 0 Å². The molecule has 0 bridgehead atoms. The molecule has 2 aromatic rings. The number of aromatic amines is 1. The van der Waals surface area contributed by atoms with Gasteiger partial charge >= 0.3 is 0 Å². The molecule has 90 valence electrons. The minimum atomic E-state index is -0.0766. The van der Waals surface area contributed by atoms with E-state index >= 15 is 0 Å². The van der Waals surface area contributed by atoms with Crippen LogP contribution in [0.1, 0.15) is 22.5 Å².